The normalized spacial score (nSPS) is 9.60. The van der Waals surface area contributed by atoms with E-state index < -0.39 is 0 Å². The summed E-state index contributed by atoms with van der Waals surface area (Å²) in [5.41, 5.74) is 10.1. The zero-order valence-corrected chi connectivity index (χ0v) is 8.68. The molecule has 0 aliphatic heterocycles. The lowest BCUT2D eigenvalue weighted by Crippen LogP contribution is -1.80. The summed E-state index contributed by atoms with van der Waals surface area (Å²) in [5, 5.41) is 6.34. The zero-order chi connectivity index (χ0) is 10.5. The standard InChI is InChI=1S/C10H8N4S/c11-14-12-6-9-7-15-10(13-9)8-4-2-1-3-5-8/h1-5,7H,6H2. The van der Waals surface area contributed by atoms with Gasteiger partial charge in [0.15, 0.2) is 0 Å². The number of hydrogen-bond donors (Lipinski definition) is 0. The van der Waals surface area contributed by atoms with Crippen molar-refractivity contribution < 1.29 is 0 Å². The molecule has 1 heterocycles. The van der Waals surface area contributed by atoms with Crippen LogP contribution in [0.3, 0.4) is 0 Å². The molecule has 4 nitrogen and oxygen atoms in total. The van der Waals surface area contributed by atoms with Crippen LogP contribution in [-0.2, 0) is 6.54 Å². The van der Waals surface area contributed by atoms with Gasteiger partial charge < -0.3 is 0 Å². The van der Waals surface area contributed by atoms with Gasteiger partial charge in [0, 0.05) is 15.9 Å². The average molecular weight is 216 g/mol. The van der Waals surface area contributed by atoms with Crippen molar-refractivity contribution in [3.63, 3.8) is 0 Å². The topological polar surface area (TPSA) is 61.7 Å². The third-order valence-corrected chi connectivity index (χ3v) is 2.81. The molecule has 2 aromatic rings. The number of nitrogens with zero attached hydrogens (tertiary/aromatic N) is 4. The van der Waals surface area contributed by atoms with E-state index in [0.717, 1.165) is 16.3 Å². The second-order valence-electron chi connectivity index (χ2n) is 2.90. The van der Waals surface area contributed by atoms with E-state index in [1.165, 1.54) is 0 Å². The van der Waals surface area contributed by atoms with Gasteiger partial charge in [-0.2, -0.15) is 0 Å². The van der Waals surface area contributed by atoms with E-state index in [1.54, 1.807) is 11.3 Å². The van der Waals surface area contributed by atoms with Crippen LogP contribution in [-0.4, -0.2) is 4.98 Å². The average Bonchev–Trinajstić information content (AvgIpc) is 2.76. The molecule has 5 heteroatoms. The molecule has 74 valence electrons. The Kier molecular flexibility index (Phi) is 2.97. The highest BCUT2D eigenvalue weighted by Gasteiger charge is 2.02. The molecule has 0 spiro atoms. The van der Waals surface area contributed by atoms with Gasteiger partial charge in [-0.05, 0) is 5.53 Å². The fraction of sp³-hybridized carbons (Fsp3) is 0.100. The van der Waals surface area contributed by atoms with Crippen LogP contribution in [0.4, 0.5) is 0 Å². The summed E-state index contributed by atoms with van der Waals surface area (Å²) >= 11 is 1.56. The van der Waals surface area contributed by atoms with Crippen molar-refractivity contribution >= 4 is 11.3 Å². The molecule has 0 N–H and O–H groups in total. The first-order valence-electron chi connectivity index (χ1n) is 4.41. The van der Waals surface area contributed by atoms with Crippen molar-refractivity contribution in [2.24, 2.45) is 5.11 Å². The van der Waals surface area contributed by atoms with E-state index in [-0.39, 0.29) is 0 Å². The SMILES string of the molecule is [N-]=[N+]=NCc1csc(-c2ccccc2)n1. The number of hydrogen-bond acceptors (Lipinski definition) is 3. The minimum Gasteiger partial charge on any atom is -0.241 e. The molecule has 0 unspecified atom stereocenters. The van der Waals surface area contributed by atoms with E-state index in [0.29, 0.717) is 6.54 Å². The van der Waals surface area contributed by atoms with Crippen molar-refractivity contribution in [1.29, 1.82) is 0 Å². The summed E-state index contributed by atoms with van der Waals surface area (Å²) in [6.45, 7) is 0.319. The summed E-state index contributed by atoms with van der Waals surface area (Å²) < 4.78 is 0. The highest BCUT2D eigenvalue weighted by Crippen LogP contribution is 2.23. The van der Waals surface area contributed by atoms with Crippen molar-refractivity contribution in [3.8, 4) is 10.6 Å². The van der Waals surface area contributed by atoms with Crippen LogP contribution in [0.2, 0.25) is 0 Å². The Balaban J connectivity index is 2.24. The number of rotatable bonds is 3. The second-order valence-corrected chi connectivity index (χ2v) is 3.76. The molecule has 2 rings (SSSR count). The molecule has 0 bridgehead atoms. The lowest BCUT2D eigenvalue weighted by Gasteiger charge is -1.93. The molecule has 1 aromatic carbocycles. The fourth-order valence-electron chi connectivity index (χ4n) is 1.20. The predicted octanol–water partition coefficient (Wildman–Crippen LogP) is 3.62. The van der Waals surface area contributed by atoms with Crippen molar-refractivity contribution in [2.45, 2.75) is 6.54 Å². The van der Waals surface area contributed by atoms with Gasteiger partial charge in [-0.1, -0.05) is 35.4 Å². The minimum atomic E-state index is 0.319. The Bertz CT molecular complexity index is 485. The fourth-order valence-corrected chi connectivity index (χ4v) is 2.01. The molecule has 0 fully saturated rings. The van der Waals surface area contributed by atoms with Crippen LogP contribution < -0.4 is 0 Å². The van der Waals surface area contributed by atoms with E-state index in [9.17, 15) is 0 Å². The highest BCUT2D eigenvalue weighted by molar-refractivity contribution is 7.13. The second kappa shape index (κ2) is 4.59. The first-order valence-corrected chi connectivity index (χ1v) is 5.29. The summed E-state index contributed by atoms with van der Waals surface area (Å²) in [6, 6.07) is 9.94. The predicted molar refractivity (Wildman–Crippen MR) is 60.4 cm³/mol. The van der Waals surface area contributed by atoms with Gasteiger partial charge in [-0.15, -0.1) is 11.3 Å². The minimum absolute atomic E-state index is 0.319. The zero-order valence-electron chi connectivity index (χ0n) is 7.87. The third kappa shape index (κ3) is 2.34. The van der Waals surface area contributed by atoms with Gasteiger partial charge in [0.1, 0.15) is 5.01 Å². The van der Waals surface area contributed by atoms with Gasteiger partial charge in [0.2, 0.25) is 0 Å². The highest BCUT2D eigenvalue weighted by atomic mass is 32.1. The van der Waals surface area contributed by atoms with Gasteiger partial charge in [-0.25, -0.2) is 4.98 Å². The molecule has 0 aliphatic rings. The van der Waals surface area contributed by atoms with Gasteiger partial charge >= 0.3 is 0 Å². The van der Waals surface area contributed by atoms with Crippen LogP contribution in [0.25, 0.3) is 21.0 Å². The van der Waals surface area contributed by atoms with Crippen LogP contribution in [0.15, 0.2) is 40.8 Å². The maximum absolute atomic E-state index is 8.19. The molecule has 0 radical (unpaired) electrons. The maximum atomic E-state index is 8.19. The number of aromatic nitrogens is 1. The van der Waals surface area contributed by atoms with Gasteiger partial charge in [0.25, 0.3) is 0 Å². The van der Waals surface area contributed by atoms with Crippen molar-refractivity contribution in [1.82, 2.24) is 4.98 Å². The lowest BCUT2D eigenvalue weighted by molar-refractivity contribution is 0.996. The van der Waals surface area contributed by atoms with Crippen LogP contribution in [0.5, 0.6) is 0 Å². The van der Waals surface area contributed by atoms with Crippen molar-refractivity contribution in [3.05, 3.63) is 51.8 Å². The summed E-state index contributed by atoms with van der Waals surface area (Å²) in [6.07, 6.45) is 0. The molecule has 0 amide bonds. The van der Waals surface area contributed by atoms with Gasteiger partial charge in [0.05, 0.1) is 12.2 Å². The first kappa shape index (κ1) is 9.71. The molecule has 0 saturated heterocycles. The van der Waals surface area contributed by atoms with E-state index in [1.807, 2.05) is 35.7 Å². The Hall–Kier alpha value is -1.84. The van der Waals surface area contributed by atoms with E-state index in [2.05, 4.69) is 15.0 Å². The van der Waals surface area contributed by atoms with E-state index >= 15 is 0 Å². The van der Waals surface area contributed by atoms with Crippen LogP contribution in [0.1, 0.15) is 5.69 Å². The largest absolute Gasteiger partial charge is 0.241 e. The van der Waals surface area contributed by atoms with Gasteiger partial charge in [-0.3, -0.25) is 0 Å². The summed E-state index contributed by atoms with van der Waals surface area (Å²) in [5.74, 6) is 0. The molecule has 0 aliphatic carbocycles. The van der Waals surface area contributed by atoms with Crippen LogP contribution >= 0.6 is 11.3 Å². The molecule has 0 saturated carbocycles. The Morgan fingerprint density at radius 3 is 2.87 bits per heavy atom. The quantitative estimate of drug-likeness (QED) is 0.439. The summed E-state index contributed by atoms with van der Waals surface area (Å²) in [4.78, 5) is 7.07. The molecule has 0 atom stereocenters. The molecule has 1 aromatic heterocycles. The van der Waals surface area contributed by atoms with Crippen molar-refractivity contribution in [2.75, 3.05) is 0 Å². The van der Waals surface area contributed by atoms with E-state index in [4.69, 9.17) is 5.53 Å². The first-order chi connectivity index (χ1) is 7.40. The molecular formula is C10H8N4S. The Morgan fingerprint density at radius 1 is 1.33 bits per heavy atom. The van der Waals surface area contributed by atoms with Crippen LogP contribution in [0, 0.1) is 0 Å². The monoisotopic (exact) mass is 216 g/mol. The number of thiazole rings is 1. The number of azide groups is 1. The third-order valence-electron chi connectivity index (χ3n) is 1.87. The Morgan fingerprint density at radius 2 is 2.13 bits per heavy atom. The smallest absolute Gasteiger partial charge is 0.123 e. The Labute approximate surface area is 90.8 Å². The molecular weight excluding hydrogens is 208 g/mol. The molecule has 15 heavy (non-hydrogen) atoms. The number of benzene rings is 1. The lowest BCUT2D eigenvalue weighted by atomic mass is 10.2. The summed E-state index contributed by atoms with van der Waals surface area (Å²) in [7, 11) is 0. The maximum Gasteiger partial charge on any atom is 0.123 e.